The summed E-state index contributed by atoms with van der Waals surface area (Å²) >= 11 is 0. The number of anilines is 1. The van der Waals surface area contributed by atoms with Gasteiger partial charge in [0.25, 0.3) is 0 Å². The van der Waals surface area contributed by atoms with E-state index in [9.17, 15) is 9.50 Å². The lowest BCUT2D eigenvalue weighted by Gasteiger charge is -2.31. The number of ether oxygens (including phenoxy) is 1. The number of hydrogen-bond donors (Lipinski definition) is 3. The summed E-state index contributed by atoms with van der Waals surface area (Å²) in [6.45, 7) is 11.0. The van der Waals surface area contributed by atoms with Gasteiger partial charge in [-0.1, -0.05) is 19.9 Å². The van der Waals surface area contributed by atoms with Crippen molar-refractivity contribution < 1.29 is 14.2 Å². The van der Waals surface area contributed by atoms with Crippen LogP contribution in [0.4, 0.5) is 10.1 Å². The Bertz CT molecular complexity index is 631. The maximum Gasteiger partial charge on any atom is 0.191 e. The van der Waals surface area contributed by atoms with E-state index in [0.717, 1.165) is 25.1 Å². The fraction of sp³-hybridized carbons (Fsp3) is 0.682. The van der Waals surface area contributed by atoms with Crippen molar-refractivity contribution in [2.45, 2.75) is 52.7 Å². The van der Waals surface area contributed by atoms with Crippen LogP contribution >= 0.6 is 0 Å². The van der Waals surface area contributed by atoms with Crippen molar-refractivity contribution >= 4 is 11.6 Å². The molecule has 2 rings (SSSR count). The normalized spacial score (nSPS) is 15.8. The minimum Gasteiger partial charge on any atom is -0.393 e. The number of aliphatic hydroxyl groups excluding tert-OH is 1. The molecular formula is C22H37FN4O2. The molecule has 29 heavy (non-hydrogen) atoms. The molecule has 0 spiro atoms. The number of guanidine groups is 1. The molecule has 0 unspecified atom stereocenters. The molecule has 0 aliphatic carbocycles. The van der Waals surface area contributed by atoms with Crippen LogP contribution in [0.3, 0.4) is 0 Å². The van der Waals surface area contributed by atoms with Crippen LogP contribution in [0.25, 0.3) is 0 Å². The van der Waals surface area contributed by atoms with E-state index >= 15 is 0 Å². The predicted octanol–water partition coefficient (Wildman–Crippen LogP) is 2.90. The Labute approximate surface area is 174 Å². The molecule has 6 nitrogen and oxygen atoms in total. The van der Waals surface area contributed by atoms with Gasteiger partial charge in [-0.15, -0.1) is 0 Å². The first kappa shape index (κ1) is 23.4. The summed E-state index contributed by atoms with van der Waals surface area (Å²) in [6.07, 6.45) is 2.17. The van der Waals surface area contributed by atoms with Gasteiger partial charge in [-0.25, -0.2) is 9.38 Å². The van der Waals surface area contributed by atoms with Crippen LogP contribution < -0.4 is 15.5 Å². The smallest absolute Gasteiger partial charge is 0.191 e. The number of aliphatic hydroxyl groups is 1. The Morgan fingerprint density at radius 2 is 2.03 bits per heavy atom. The maximum absolute atomic E-state index is 14.6. The molecular weight excluding hydrogens is 371 g/mol. The second kappa shape index (κ2) is 12.6. The minimum atomic E-state index is -0.263. The molecule has 0 radical (unpaired) electrons. The zero-order valence-corrected chi connectivity index (χ0v) is 18.1. The lowest BCUT2D eigenvalue weighted by atomic mass is 10.1. The number of nitrogens with zero attached hydrogens (tertiary/aromatic N) is 2. The van der Waals surface area contributed by atoms with E-state index in [4.69, 9.17) is 4.74 Å². The highest BCUT2D eigenvalue weighted by atomic mass is 19.1. The molecule has 3 N–H and O–H groups in total. The number of piperidine rings is 1. The molecule has 1 fully saturated rings. The summed E-state index contributed by atoms with van der Waals surface area (Å²) in [4.78, 5) is 6.55. The highest BCUT2D eigenvalue weighted by Gasteiger charge is 2.19. The number of halogens is 1. The number of benzene rings is 1. The topological polar surface area (TPSA) is 69.1 Å². The first-order chi connectivity index (χ1) is 14.0. The zero-order valence-electron chi connectivity index (χ0n) is 18.1. The van der Waals surface area contributed by atoms with E-state index in [-0.39, 0.29) is 11.9 Å². The predicted molar refractivity (Wildman–Crippen MR) is 117 cm³/mol. The van der Waals surface area contributed by atoms with Gasteiger partial charge < -0.3 is 25.4 Å². The van der Waals surface area contributed by atoms with Gasteiger partial charge in [0.1, 0.15) is 5.82 Å². The number of hydrogen-bond acceptors (Lipinski definition) is 4. The molecule has 0 atom stereocenters. The lowest BCUT2D eigenvalue weighted by molar-refractivity contribution is 0.128. The third-order valence-electron chi connectivity index (χ3n) is 4.96. The van der Waals surface area contributed by atoms with E-state index in [2.05, 4.69) is 29.5 Å². The Morgan fingerprint density at radius 1 is 1.28 bits per heavy atom. The summed E-state index contributed by atoms with van der Waals surface area (Å²) in [5, 5.41) is 16.1. The van der Waals surface area contributed by atoms with Crippen molar-refractivity contribution in [3.05, 3.63) is 29.6 Å². The van der Waals surface area contributed by atoms with Gasteiger partial charge in [0, 0.05) is 32.8 Å². The maximum atomic E-state index is 14.6. The molecule has 1 aliphatic rings. The average Bonchev–Trinajstić information content (AvgIpc) is 2.69. The molecule has 0 amide bonds. The standard InChI is InChI=1S/C22H37FN4O2/c1-4-24-22(25-10-14-29-13-9-17(2)3)26-16-18-5-6-21(20(23)15-18)27-11-7-19(28)8-12-27/h5-6,15,17,19,28H,4,7-14,16H2,1-3H3,(H2,24,25,26). The summed E-state index contributed by atoms with van der Waals surface area (Å²) in [5.41, 5.74) is 1.43. The average molecular weight is 409 g/mol. The molecule has 0 aromatic heterocycles. The Morgan fingerprint density at radius 3 is 2.69 bits per heavy atom. The van der Waals surface area contributed by atoms with Gasteiger partial charge in [0.15, 0.2) is 5.96 Å². The van der Waals surface area contributed by atoms with Crippen LogP contribution in [0, 0.1) is 11.7 Å². The Balaban J connectivity index is 1.84. The van der Waals surface area contributed by atoms with E-state index in [1.807, 2.05) is 24.0 Å². The van der Waals surface area contributed by atoms with Gasteiger partial charge >= 0.3 is 0 Å². The first-order valence-corrected chi connectivity index (χ1v) is 10.8. The van der Waals surface area contributed by atoms with Gasteiger partial charge in [-0.2, -0.15) is 0 Å². The molecule has 1 aromatic carbocycles. The summed E-state index contributed by atoms with van der Waals surface area (Å²) in [6, 6.07) is 5.30. The molecule has 1 saturated heterocycles. The lowest BCUT2D eigenvalue weighted by Crippen LogP contribution is -2.39. The third-order valence-corrected chi connectivity index (χ3v) is 4.96. The highest BCUT2D eigenvalue weighted by molar-refractivity contribution is 5.79. The van der Waals surface area contributed by atoms with Crippen LogP contribution in [0.5, 0.6) is 0 Å². The van der Waals surface area contributed by atoms with Crippen molar-refractivity contribution in [3.8, 4) is 0 Å². The summed E-state index contributed by atoms with van der Waals surface area (Å²) in [7, 11) is 0. The first-order valence-electron chi connectivity index (χ1n) is 10.8. The number of nitrogens with one attached hydrogen (secondary N) is 2. The fourth-order valence-corrected chi connectivity index (χ4v) is 3.19. The van der Waals surface area contributed by atoms with Crippen molar-refractivity contribution in [2.24, 2.45) is 10.9 Å². The second-order valence-electron chi connectivity index (χ2n) is 7.92. The zero-order chi connectivity index (χ0) is 21.1. The van der Waals surface area contributed by atoms with E-state index in [1.165, 1.54) is 0 Å². The molecule has 0 bridgehead atoms. The van der Waals surface area contributed by atoms with Gasteiger partial charge in [-0.3, -0.25) is 0 Å². The fourth-order valence-electron chi connectivity index (χ4n) is 3.19. The third kappa shape index (κ3) is 8.58. The van der Waals surface area contributed by atoms with Gasteiger partial charge in [-0.05, 0) is 49.8 Å². The minimum absolute atomic E-state index is 0.231. The highest BCUT2D eigenvalue weighted by Crippen LogP contribution is 2.24. The van der Waals surface area contributed by atoms with Crippen LogP contribution in [-0.4, -0.2) is 56.6 Å². The molecule has 7 heteroatoms. The number of rotatable bonds is 10. The van der Waals surface area contributed by atoms with Crippen LogP contribution in [0.1, 0.15) is 45.6 Å². The molecule has 1 aromatic rings. The molecule has 0 saturated carbocycles. The Hall–Kier alpha value is -1.86. The van der Waals surface area contributed by atoms with Crippen LogP contribution in [0.2, 0.25) is 0 Å². The number of aliphatic imine (C=N–C) groups is 1. The molecule has 1 aliphatic heterocycles. The quantitative estimate of drug-likeness (QED) is 0.316. The van der Waals surface area contributed by atoms with E-state index < -0.39 is 0 Å². The van der Waals surface area contributed by atoms with Crippen LogP contribution in [-0.2, 0) is 11.3 Å². The Kier molecular flexibility index (Phi) is 10.2. The second-order valence-corrected chi connectivity index (χ2v) is 7.92. The summed E-state index contributed by atoms with van der Waals surface area (Å²) in [5.74, 6) is 1.12. The van der Waals surface area contributed by atoms with Gasteiger partial charge in [0.2, 0.25) is 0 Å². The molecule has 164 valence electrons. The van der Waals surface area contributed by atoms with Gasteiger partial charge in [0.05, 0.1) is 24.9 Å². The monoisotopic (exact) mass is 408 g/mol. The summed E-state index contributed by atoms with van der Waals surface area (Å²) < 4.78 is 20.2. The van der Waals surface area contributed by atoms with Crippen LogP contribution in [0.15, 0.2) is 23.2 Å². The van der Waals surface area contributed by atoms with Crippen molar-refractivity contribution in [2.75, 3.05) is 44.3 Å². The SMILES string of the molecule is CCNC(=NCc1ccc(N2CCC(O)CC2)c(F)c1)NCCOCCC(C)C. The van der Waals surface area contributed by atoms with Crippen molar-refractivity contribution in [1.82, 2.24) is 10.6 Å². The van der Waals surface area contributed by atoms with Crippen molar-refractivity contribution in [3.63, 3.8) is 0 Å². The van der Waals surface area contributed by atoms with Crippen molar-refractivity contribution in [1.29, 1.82) is 0 Å². The largest absolute Gasteiger partial charge is 0.393 e. The van der Waals surface area contributed by atoms with E-state index in [1.54, 1.807) is 6.07 Å². The molecule has 1 heterocycles. The van der Waals surface area contributed by atoms with E-state index in [0.29, 0.717) is 63.2 Å².